The zero-order chi connectivity index (χ0) is 73.7. The minimum Gasteiger partial charge on any atom is -0.871 e. The van der Waals surface area contributed by atoms with Crippen LogP contribution >= 0.6 is 0 Å². The molecule has 3 atom stereocenters. The molecule has 6 aromatic rings. The van der Waals surface area contributed by atoms with Crippen molar-refractivity contribution in [2.75, 3.05) is 14.2 Å². The fourth-order valence-corrected chi connectivity index (χ4v) is 12.7. The summed E-state index contributed by atoms with van der Waals surface area (Å²) in [6, 6.07) is 13.3. The zero-order valence-electron chi connectivity index (χ0n) is 55.5. The van der Waals surface area contributed by atoms with Crippen LogP contribution in [0, 0.1) is 0 Å². The van der Waals surface area contributed by atoms with Crippen LogP contribution in [0.15, 0.2) is 185 Å². The smallest absolute Gasteiger partial charge is 0.871 e. The van der Waals surface area contributed by atoms with Crippen LogP contribution in [0.1, 0.15) is 51.8 Å². The maximum atomic E-state index is 12.7. The molecule has 0 aliphatic carbocycles. The first kappa shape index (κ1) is 101. The topological polar surface area (TPSA) is 698 Å². The van der Waals surface area contributed by atoms with Crippen LogP contribution in [-0.2, 0) is 92.2 Å². The van der Waals surface area contributed by atoms with Crippen LogP contribution in [0.2, 0.25) is 0 Å². The number of carboxylic acids is 3. The Hall–Kier alpha value is -5.14. The van der Waals surface area contributed by atoms with E-state index in [0.717, 1.165) is 36.4 Å². The number of carbonyl (C=O) groups is 6. The van der Waals surface area contributed by atoms with Crippen LogP contribution < -0.4 is 238 Å². The van der Waals surface area contributed by atoms with Gasteiger partial charge in [-0.15, -0.1) is 0 Å². The number of amides is 3. The van der Waals surface area contributed by atoms with Crippen LogP contribution in [-0.4, -0.2) is 135 Å². The van der Waals surface area contributed by atoms with Gasteiger partial charge in [-0.25, -0.2) is 66.8 Å². The summed E-state index contributed by atoms with van der Waals surface area (Å²) in [7, 11) is -29.5. The molecule has 55 heteroatoms. The molecule has 0 saturated heterocycles. The van der Waals surface area contributed by atoms with E-state index in [9.17, 15) is 124 Å². The van der Waals surface area contributed by atoms with Gasteiger partial charge in [-0.3, -0.25) is 28.5 Å². The molecule has 0 spiro atoms. The summed E-state index contributed by atoms with van der Waals surface area (Å²) in [5, 5.41) is 104. The van der Waals surface area contributed by atoms with Crippen molar-refractivity contribution in [3.05, 3.63) is 126 Å². The minimum absolute atomic E-state index is 0. The van der Waals surface area contributed by atoms with E-state index in [1.54, 1.807) is 14.2 Å². The van der Waals surface area contributed by atoms with E-state index in [-0.39, 0.29) is 230 Å². The molecule has 9 rings (SSSR count). The van der Waals surface area contributed by atoms with Gasteiger partial charge in [-0.05, 0) is 128 Å². The molecule has 6 aromatic carbocycles. The fraction of sp³-hybridized carbons (Fsp3) is 0.118. The van der Waals surface area contributed by atoms with Crippen LogP contribution in [0.4, 0.5) is 34.1 Å². The molecule has 42 nitrogen and oxygen atoms in total. The predicted molar refractivity (Wildman–Crippen MR) is 315 cm³/mol. The Kier molecular flexibility index (Phi) is 39.2. The van der Waals surface area contributed by atoms with E-state index >= 15 is 0 Å². The van der Waals surface area contributed by atoms with Crippen molar-refractivity contribution in [3.63, 3.8) is 0 Å². The number of rotatable bonds is 21. The standard InChI is InChI=1S/3C17H15N5O9S2.Cr.6Na/c3*1-8-14(16(24)21-18-8)20-19-9-3-2-4-10(5-9)32(27,28)22-13-7-11(33(29,30)31)6-12(15(13)23)17(25)26;;;;;;;/h3*2-7,14,22-23H,1H3,(H,21,24)(H,25,26)(H,29,30,31);;;;;;;/q;;;+3;6*+1/p-9. The first-order valence-corrected chi connectivity index (χ1v) is 34.8. The number of anilines is 3. The third-order valence-electron chi connectivity index (χ3n) is 12.7. The van der Waals surface area contributed by atoms with Gasteiger partial charge in [0.25, 0.3) is 47.8 Å². The average molecular weight is 1670 g/mol. The molecule has 3 amide bonds. The van der Waals surface area contributed by atoms with Crippen molar-refractivity contribution >= 4 is 147 Å². The van der Waals surface area contributed by atoms with Crippen molar-refractivity contribution in [2.24, 2.45) is 46.0 Å². The second-order valence-corrected chi connectivity index (χ2v) is 28.8. The van der Waals surface area contributed by atoms with E-state index in [1.807, 2.05) is 0 Å². The summed E-state index contributed by atoms with van der Waals surface area (Å²) in [5.74, 6) is -12.1. The van der Waals surface area contributed by atoms with E-state index in [1.165, 1.54) is 57.2 Å². The zero-order valence-corrected chi connectivity index (χ0v) is 73.7. The maximum absolute atomic E-state index is 12.7. The quantitative estimate of drug-likeness (QED) is 0.0221. The first-order chi connectivity index (χ1) is 45.9. The van der Waals surface area contributed by atoms with Gasteiger partial charge in [0.05, 0.1) is 81.5 Å². The van der Waals surface area contributed by atoms with Gasteiger partial charge in [0, 0.05) is 17.1 Å². The van der Waals surface area contributed by atoms with Crippen molar-refractivity contribution in [2.45, 2.75) is 68.3 Å². The molecule has 3 unspecified atom stereocenters. The fourth-order valence-electron chi connectivity index (χ4n) is 7.82. The first-order valence-electron chi connectivity index (χ1n) is 26.1. The molecule has 3 aliphatic rings. The number of nitrogens with zero attached hydrogens (tertiary/aromatic N) is 9. The Morgan fingerprint density at radius 1 is 0.377 bits per heavy atom. The SMILES string of the molecule is CC1=NNC(=O)C1N=Nc1cccc(S(=O)(=O)Nc2cc(S(=O)(=O)[O-])cc(C(=O)[O-])c2[O-])c1.CC1=NNC(=O)C1N=Nc1cccc(S(=O)(=O)Nc2cc(S(=O)(=O)[O-])cc(C(=O)[O-])c2[O-])c1.CC1=NNC(=O)C1N=Nc1cccc(S(=O)(=O)Nc2cc(S(=O)(=O)[O-])cc(C(=O)[O-])c2[O-])c1.[Cr+3].[Na+].[Na+].[Na+].[Na+].[Na+].[Na+]. The molecule has 106 heavy (non-hydrogen) atoms. The van der Waals surface area contributed by atoms with Gasteiger partial charge in [-0.2, -0.15) is 46.0 Å². The molecule has 3 aliphatic heterocycles. The molecule has 0 fully saturated rings. The largest absolute Gasteiger partial charge is 3.00 e. The summed E-state index contributed by atoms with van der Waals surface area (Å²) < 4.78 is 183. The summed E-state index contributed by atoms with van der Waals surface area (Å²) >= 11 is 0. The average Bonchev–Trinajstić information content (AvgIpc) is 1.67. The number of nitrogens with one attached hydrogen (secondary N) is 6. The third-order valence-corrected chi connectivity index (χ3v) is 19.2. The predicted octanol–water partition coefficient (Wildman–Crippen LogP) is -21.6. The number of hydrogen-bond acceptors (Lipinski definition) is 36. The normalized spacial score (nSPS) is 15.4. The summed E-state index contributed by atoms with van der Waals surface area (Å²) in [6.45, 7) is 4.60. The van der Waals surface area contributed by atoms with Gasteiger partial charge in [0.2, 0.25) is 0 Å². The van der Waals surface area contributed by atoms with Crippen molar-refractivity contribution in [3.8, 4) is 17.2 Å². The van der Waals surface area contributed by atoms with Gasteiger partial charge < -0.3 is 58.7 Å². The molecule has 3 heterocycles. The van der Waals surface area contributed by atoms with Crippen molar-refractivity contribution in [1.82, 2.24) is 16.3 Å². The third kappa shape index (κ3) is 26.3. The van der Waals surface area contributed by atoms with Crippen molar-refractivity contribution in [1.29, 1.82) is 0 Å². The van der Waals surface area contributed by atoms with E-state index in [2.05, 4.69) is 62.3 Å². The number of carbonyl (C=O) groups excluding carboxylic acids is 6. The summed E-state index contributed by atoms with van der Waals surface area (Å²) in [4.78, 5) is 63.4. The second-order valence-electron chi connectivity index (χ2n) is 19.6. The second kappa shape index (κ2) is 41.2. The number of benzene rings is 6. The van der Waals surface area contributed by atoms with Crippen LogP contribution in [0.3, 0.4) is 0 Å². The Morgan fingerprint density at radius 2 is 0.594 bits per heavy atom. The van der Waals surface area contributed by atoms with Gasteiger partial charge in [0.15, 0.2) is 18.1 Å². The number of aromatic carboxylic acids is 3. The molecule has 0 saturated carbocycles. The van der Waals surface area contributed by atoms with Crippen LogP contribution in [0.5, 0.6) is 17.2 Å². The molecule has 1 radical (unpaired) electrons. The molecule has 525 valence electrons. The number of hydrogen-bond donors (Lipinski definition) is 6. The monoisotopic (exact) mass is 1670 g/mol. The summed E-state index contributed by atoms with van der Waals surface area (Å²) in [5.41, 5.74) is 0.974. The van der Waals surface area contributed by atoms with E-state index in [0.29, 0.717) is 35.3 Å². The number of hydrazone groups is 3. The molecule has 0 aromatic heterocycles. The number of azo groups is 3. The van der Waals surface area contributed by atoms with Crippen molar-refractivity contribution < 1.29 is 318 Å². The number of carboxylic acid groups (broad SMARTS) is 3. The van der Waals surface area contributed by atoms with Gasteiger partial charge in [-0.1, -0.05) is 35.4 Å². The Morgan fingerprint density at radius 3 is 0.774 bits per heavy atom. The maximum Gasteiger partial charge on any atom is 3.00 e. The minimum atomic E-state index is -5.23. The Labute approximate surface area is 743 Å². The van der Waals surface area contributed by atoms with Gasteiger partial charge >= 0.3 is 195 Å². The summed E-state index contributed by atoms with van der Waals surface area (Å²) in [6.07, 6.45) is 0. The number of sulfonamides is 3. The molecule has 0 bridgehead atoms. The van der Waals surface area contributed by atoms with Crippen LogP contribution in [0.25, 0.3) is 0 Å². The van der Waals surface area contributed by atoms with Gasteiger partial charge in [0.1, 0.15) is 30.4 Å². The Balaban J connectivity index is 0.00000151. The molecule has 6 N–H and O–H groups in total. The molecular formula is C51H36CrN15Na6O27S6. The van der Waals surface area contributed by atoms with E-state index in [4.69, 9.17) is 0 Å². The van der Waals surface area contributed by atoms with E-state index < -0.39 is 195 Å². The Bertz CT molecular complexity index is 4860. The molecular weight excluding hydrogens is 1640 g/mol.